The minimum atomic E-state index is -0.00353. The van der Waals surface area contributed by atoms with E-state index >= 15 is 0 Å². The van der Waals surface area contributed by atoms with E-state index in [4.69, 9.17) is 4.74 Å². The minimum Gasteiger partial charge on any atom is -0.484 e. The van der Waals surface area contributed by atoms with Gasteiger partial charge in [0.2, 0.25) is 0 Å². The number of ether oxygens (including phenoxy) is 1. The summed E-state index contributed by atoms with van der Waals surface area (Å²) in [4.78, 5) is 13.2. The Morgan fingerprint density at radius 2 is 1.95 bits per heavy atom. The molecule has 0 bridgehead atoms. The van der Waals surface area contributed by atoms with Crippen molar-refractivity contribution < 1.29 is 9.53 Å². The lowest BCUT2D eigenvalue weighted by atomic mass is 10.2. The van der Waals surface area contributed by atoms with E-state index in [0.29, 0.717) is 6.54 Å². The third-order valence-electron chi connectivity index (χ3n) is 2.94. The van der Waals surface area contributed by atoms with Crippen LogP contribution in [0.4, 0.5) is 0 Å². The number of hydrogen-bond donors (Lipinski definition) is 1. The van der Waals surface area contributed by atoms with Gasteiger partial charge in [-0.1, -0.05) is 19.1 Å². The van der Waals surface area contributed by atoms with Gasteiger partial charge in [0.15, 0.2) is 6.61 Å². The van der Waals surface area contributed by atoms with E-state index in [2.05, 4.69) is 12.2 Å². The Morgan fingerprint density at radius 1 is 1.26 bits per heavy atom. The normalized spacial score (nSPS) is 10.3. The Morgan fingerprint density at radius 3 is 2.53 bits per heavy atom. The third kappa shape index (κ3) is 5.75. The van der Waals surface area contributed by atoms with Gasteiger partial charge in [-0.15, -0.1) is 0 Å². The van der Waals surface area contributed by atoms with Crippen molar-refractivity contribution in [3.05, 3.63) is 29.8 Å². The topological polar surface area (TPSA) is 41.6 Å². The summed E-state index contributed by atoms with van der Waals surface area (Å²) in [6.07, 6.45) is 1.13. The van der Waals surface area contributed by atoms with Crippen molar-refractivity contribution in [1.29, 1.82) is 0 Å². The zero-order chi connectivity index (χ0) is 14.1. The largest absolute Gasteiger partial charge is 0.484 e. The first kappa shape index (κ1) is 15.5. The van der Waals surface area contributed by atoms with E-state index in [1.807, 2.05) is 31.2 Å². The van der Waals surface area contributed by atoms with Crippen molar-refractivity contribution in [2.75, 3.05) is 26.7 Å². The Kier molecular flexibility index (Phi) is 6.97. The van der Waals surface area contributed by atoms with E-state index in [9.17, 15) is 4.79 Å². The van der Waals surface area contributed by atoms with Gasteiger partial charge in [0.25, 0.3) is 5.91 Å². The second-order valence-corrected chi connectivity index (χ2v) is 4.52. The average Bonchev–Trinajstić information content (AvgIpc) is 2.45. The molecule has 0 unspecified atom stereocenters. The highest BCUT2D eigenvalue weighted by atomic mass is 16.5. The highest BCUT2D eigenvalue weighted by molar-refractivity contribution is 5.77. The van der Waals surface area contributed by atoms with Crippen LogP contribution in [-0.4, -0.2) is 37.6 Å². The second kappa shape index (κ2) is 8.53. The van der Waals surface area contributed by atoms with Gasteiger partial charge in [-0.05, 0) is 37.6 Å². The summed E-state index contributed by atoms with van der Waals surface area (Å²) in [5.41, 5.74) is 1.22. The number of hydrogen-bond acceptors (Lipinski definition) is 3. The van der Waals surface area contributed by atoms with Crippen molar-refractivity contribution >= 4 is 5.91 Å². The molecule has 1 aromatic carbocycles. The summed E-state index contributed by atoms with van der Waals surface area (Å²) in [5, 5.41) is 3.34. The summed E-state index contributed by atoms with van der Waals surface area (Å²) in [7, 11) is 1.77. The molecule has 1 N–H and O–H groups in total. The number of nitrogens with zero attached hydrogens (tertiary/aromatic N) is 1. The number of nitrogens with one attached hydrogen (secondary N) is 1. The molecule has 1 amide bonds. The summed E-state index contributed by atoms with van der Waals surface area (Å²) >= 11 is 0. The van der Waals surface area contributed by atoms with Crippen LogP contribution in [0.15, 0.2) is 24.3 Å². The Bertz CT molecular complexity index is 376. The maximum Gasteiger partial charge on any atom is 0.260 e. The van der Waals surface area contributed by atoms with Crippen molar-refractivity contribution in [1.82, 2.24) is 10.2 Å². The van der Waals surface area contributed by atoms with Crippen molar-refractivity contribution in [2.45, 2.75) is 26.8 Å². The molecule has 4 nitrogen and oxygen atoms in total. The van der Waals surface area contributed by atoms with E-state index in [-0.39, 0.29) is 12.5 Å². The zero-order valence-electron chi connectivity index (χ0n) is 12.1. The van der Waals surface area contributed by atoms with Gasteiger partial charge in [0.1, 0.15) is 5.75 Å². The molecular weight excluding hydrogens is 240 g/mol. The lowest BCUT2D eigenvalue weighted by Gasteiger charge is -2.14. The van der Waals surface area contributed by atoms with Crippen molar-refractivity contribution in [3.8, 4) is 5.75 Å². The molecule has 0 saturated carbocycles. The number of rotatable bonds is 8. The predicted octanol–water partition coefficient (Wildman–Crippen LogP) is 2.04. The molecule has 1 aromatic rings. The van der Waals surface area contributed by atoms with E-state index in [1.54, 1.807) is 11.9 Å². The van der Waals surface area contributed by atoms with Crippen LogP contribution < -0.4 is 10.1 Å². The first-order chi connectivity index (χ1) is 9.17. The lowest BCUT2D eigenvalue weighted by molar-refractivity contribution is -0.131. The van der Waals surface area contributed by atoms with Gasteiger partial charge < -0.3 is 15.0 Å². The summed E-state index contributed by atoms with van der Waals surface area (Å²) in [6, 6.07) is 7.85. The van der Waals surface area contributed by atoms with Crippen LogP contribution in [0.25, 0.3) is 0 Å². The monoisotopic (exact) mass is 264 g/mol. The number of carbonyl (C=O) groups excluding carboxylic acids is 1. The fraction of sp³-hybridized carbons (Fsp3) is 0.533. The van der Waals surface area contributed by atoms with E-state index < -0.39 is 0 Å². The summed E-state index contributed by atoms with van der Waals surface area (Å²) < 4.78 is 5.46. The highest BCUT2D eigenvalue weighted by Crippen LogP contribution is 2.12. The lowest BCUT2D eigenvalue weighted by Crippen LogP contribution is -2.31. The van der Waals surface area contributed by atoms with Crippen LogP contribution in [0.2, 0.25) is 0 Å². The van der Waals surface area contributed by atoms with Gasteiger partial charge >= 0.3 is 0 Å². The molecule has 0 atom stereocenters. The average molecular weight is 264 g/mol. The van der Waals surface area contributed by atoms with Crippen molar-refractivity contribution in [2.24, 2.45) is 0 Å². The fourth-order valence-corrected chi connectivity index (χ4v) is 1.54. The number of amides is 1. The molecule has 106 valence electrons. The van der Waals surface area contributed by atoms with E-state index in [0.717, 1.165) is 25.3 Å². The molecule has 0 radical (unpaired) electrons. The molecule has 0 spiro atoms. The van der Waals surface area contributed by atoms with Gasteiger partial charge in [-0.25, -0.2) is 0 Å². The standard InChI is InChI=1S/C15H24N2O2/c1-4-10-16-11-13-6-8-14(9-7-13)19-12-15(18)17(3)5-2/h6-9,16H,4-5,10-12H2,1-3H3. The van der Waals surface area contributed by atoms with Crippen LogP contribution >= 0.6 is 0 Å². The van der Waals surface area contributed by atoms with Gasteiger partial charge in [-0.3, -0.25) is 4.79 Å². The van der Waals surface area contributed by atoms with Crippen LogP contribution in [-0.2, 0) is 11.3 Å². The Balaban J connectivity index is 2.37. The molecule has 0 aliphatic rings. The van der Waals surface area contributed by atoms with Crippen LogP contribution in [0.3, 0.4) is 0 Å². The molecule has 0 saturated heterocycles. The summed E-state index contributed by atoms with van der Waals surface area (Å²) in [5.74, 6) is 0.730. The zero-order valence-corrected chi connectivity index (χ0v) is 12.1. The second-order valence-electron chi connectivity index (χ2n) is 4.52. The fourth-order valence-electron chi connectivity index (χ4n) is 1.54. The number of carbonyl (C=O) groups is 1. The van der Waals surface area contributed by atoms with Crippen molar-refractivity contribution in [3.63, 3.8) is 0 Å². The van der Waals surface area contributed by atoms with Gasteiger partial charge in [0.05, 0.1) is 0 Å². The number of likely N-dealkylation sites (N-methyl/N-ethyl adjacent to an activating group) is 1. The Hall–Kier alpha value is -1.55. The molecule has 19 heavy (non-hydrogen) atoms. The molecule has 0 aliphatic carbocycles. The molecule has 0 aliphatic heterocycles. The first-order valence-corrected chi connectivity index (χ1v) is 6.83. The maximum atomic E-state index is 11.6. The highest BCUT2D eigenvalue weighted by Gasteiger charge is 2.06. The molecule has 0 fully saturated rings. The van der Waals surface area contributed by atoms with Gasteiger partial charge in [-0.2, -0.15) is 0 Å². The third-order valence-corrected chi connectivity index (χ3v) is 2.94. The van der Waals surface area contributed by atoms with Crippen LogP contribution in [0.1, 0.15) is 25.8 Å². The maximum absolute atomic E-state index is 11.6. The molecule has 0 heterocycles. The summed E-state index contributed by atoms with van der Waals surface area (Å²) in [6.45, 7) is 6.77. The molecular formula is C15H24N2O2. The number of benzene rings is 1. The Labute approximate surface area is 115 Å². The predicted molar refractivity (Wildman–Crippen MR) is 77.2 cm³/mol. The minimum absolute atomic E-state index is 0.00353. The first-order valence-electron chi connectivity index (χ1n) is 6.83. The molecule has 1 rings (SSSR count). The van der Waals surface area contributed by atoms with E-state index in [1.165, 1.54) is 5.56 Å². The SMILES string of the molecule is CCCNCc1ccc(OCC(=O)N(C)CC)cc1. The molecule has 0 aromatic heterocycles. The smallest absolute Gasteiger partial charge is 0.260 e. The van der Waals surface area contributed by atoms with Crippen LogP contribution in [0, 0.1) is 0 Å². The molecule has 4 heteroatoms. The van der Waals surface area contributed by atoms with Gasteiger partial charge in [0, 0.05) is 20.1 Å². The quantitative estimate of drug-likeness (QED) is 0.731. The van der Waals surface area contributed by atoms with Crippen LogP contribution in [0.5, 0.6) is 5.75 Å².